The smallest absolute Gasteiger partial charge is 0.166 e. The molecule has 0 unspecified atom stereocenters. The van der Waals surface area contributed by atoms with Gasteiger partial charge in [-0.3, -0.25) is 0 Å². The van der Waals surface area contributed by atoms with Gasteiger partial charge in [0.25, 0.3) is 0 Å². The van der Waals surface area contributed by atoms with Gasteiger partial charge in [0.05, 0.1) is 0 Å². The van der Waals surface area contributed by atoms with Crippen LogP contribution < -0.4 is 20.9 Å². The molecule has 76 valence electrons. The fraction of sp³-hybridized carbons (Fsp3) is 0.400. The third kappa shape index (κ3) is 1.54. The second-order valence-electron chi connectivity index (χ2n) is 3.21. The number of fused-ring (bicyclic) bond motifs is 1. The zero-order valence-electron chi connectivity index (χ0n) is 7.90. The van der Waals surface area contributed by atoms with Crippen LogP contribution in [0.25, 0.3) is 0 Å². The quantitative estimate of drug-likeness (QED) is 0.715. The first kappa shape index (κ1) is 9.30. The van der Waals surface area contributed by atoms with E-state index in [4.69, 9.17) is 20.9 Å². The number of hydrogen-bond donors (Lipinski definition) is 2. The van der Waals surface area contributed by atoms with Crippen LogP contribution in [0.1, 0.15) is 11.6 Å². The van der Waals surface area contributed by atoms with E-state index >= 15 is 0 Å². The van der Waals surface area contributed by atoms with Gasteiger partial charge in [0.1, 0.15) is 13.2 Å². The Morgan fingerprint density at radius 1 is 1.29 bits per heavy atom. The zero-order chi connectivity index (χ0) is 9.97. The first-order valence-electron chi connectivity index (χ1n) is 4.67. The number of benzene rings is 1. The monoisotopic (exact) mass is 194 g/mol. The molecule has 1 aliphatic rings. The van der Waals surface area contributed by atoms with Crippen LogP contribution in [0.2, 0.25) is 0 Å². The maximum Gasteiger partial charge on any atom is 0.166 e. The summed E-state index contributed by atoms with van der Waals surface area (Å²) >= 11 is 0. The van der Waals surface area contributed by atoms with Crippen molar-refractivity contribution in [1.82, 2.24) is 0 Å². The highest BCUT2D eigenvalue weighted by molar-refractivity contribution is 5.48. The molecule has 4 nitrogen and oxygen atoms in total. The van der Waals surface area contributed by atoms with Crippen molar-refractivity contribution in [3.05, 3.63) is 23.8 Å². The number of para-hydroxylation sites is 1. The van der Waals surface area contributed by atoms with Crippen LogP contribution in [0.3, 0.4) is 0 Å². The largest absolute Gasteiger partial charge is 0.486 e. The van der Waals surface area contributed by atoms with Crippen LogP contribution in [0.15, 0.2) is 18.2 Å². The van der Waals surface area contributed by atoms with E-state index in [1.54, 1.807) is 0 Å². The molecule has 1 aromatic rings. The van der Waals surface area contributed by atoms with Crippen LogP contribution in [0, 0.1) is 0 Å². The van der Waals surface area contributed by atoms with Crippen molar-refractivity contribution in [2.75, 3.05) is 19.8 Å². The molecule has 14 heavy (non-hydrogen) atoms. The third-order valence-electron chi connectivity index (χ3n) is 2.25. The average Bonchev–Trinajstić information content (AvgIpc) is 2.27. The Labute approximate surface area is 82.8 Å². The molecule has 0 saturated carbocycles. The van der Waals surface area contributed by atoms with Crippen molar-refractivity contribution in [2.24, 2.45) is 11.5 Å². The second-order valence-corrected chi connectivity index (χ2v) is 3.21. The number of nitrogens with two attached hydrogens (primary N) is 2. The molecule has 1 heterocycles. The van der Waals surface area contributed by atoms with E-state index < -0.39 is 0 Å². The lowest BCUT2D eigenvalue weighted by Crippen LogP contribution is -2.24. The third-order valence-corrected chi connectivity index (χ3v) is 2.25. The van der Waals surface area contributed by atoms with Gasteiger partial charge in [0.15, 0.2) is 11.5 Å². The van der Waals surface area contributed by atoms with Crippen molar-refractivity contribution < 1.29 is 9.47 Å². The van der Waals surface area contributed by atoms with E-state index in [9.17, 15) is 0 Å². The Kier molecular flexibility index (Phi) is 2.56. The molecule has 4 heteroatoms. The maximum absolute atomic E-state index is 5.86. The van der Waals surface area contributed by atoms with E-state index in [0.717, 1.165) is 17.1 Å². The molecule has 1 aliphatic heterocycles. The van der Waals surface area contributed by atoms with Crippen molar-refractivity contribution in [2.45, 2.75) is 6.04 Å². The van der Waals surface area contributed by atoms with Crippen LogP contribution >= 0.6 is 0 Å². The predicted octanol–water partition coefficient (Wildman–Crippen LogP) is 0.416. The summed E-state index contributed by atoms with van der Waals surface area (Å²) in [7, 11) is 0. The standard InChI is InChI=1S/C10H14N2O2/c11-6-8(12)7-2-1-3-9-10(7)14-5-4-13-9/h1-3,8H,4-6,11-12H2/t8-/m0/s1. The molecular weight excluding hydrogens is 180 g/mol. The summed E-state index contributed by atoms with van der Waals surface area (Å²) in [5, 5.41) is 0. The molecule has 2 rings (SSSR count). The topological polar surface area (TPSA) is 70.5 Å². The van der Waals surface area contributed by atoms with Crippen LogP contribution in [-0.2, 0) is 0 Å². The van der Waals surface area contributed by atoms with Gasteiger partial charge in [0.2, 0.25) is 0 Å². The molecule has 0 saturated heterocycles. The summed E-state index contributed by atoms with van der Waals surface area (Å²) in [6.45, 7) is 1.56. The lowest BCUT2D eigenvalue weighted by atomic mass is 10.1. The lowest BCUT2D eigenvalue weighted by molar-refractivity contribution is 0.169. The molecule has 4 N–H and O–H groups in total. The van der Waals surface area contributed by atoms with E-state index in [2.05, 4.69) is 0 Å². The Morgan fingerprint density at radius 3 is 2.86 bits per heavy atom. The molecule has 0 amide bonds. The summed E-state index contributed by atoms with van der Waals surface area (Å²) < 4.78 is 11.0. The summed E-state index contributed by atoms with van der Waals surface area (Å²) in [6, 6.07) is 5.51. The van der Waals surface area contributed by atoms with Crippen molar-refractivity contribution in [3.8, 4) is 11.5 Å². The van der Waals surface area contributed by atoms with E-state index in [1.807, 2.05) is 18.2 Å². The highest BCUT2D eigenvalue weighted by Crippen LogP contribution is 2.35. The summed E-state index contributed by atoms with van der Waals surface area (Å²) in [5.41, 5.74) is 12.3. The van der Waals surface area contributed by atoms with Crippen LogP contribution in [0.5, 0.6) is 11.5 Å². The van der Waals surface area contributed by atoms with Gasteiger partial charge in [-0.1, -0.05) is 12.1 Å². The number of hydrogen-bond acceptors (Lipinski definition) is 4. The van der Waals surface area contributed by atoms with E-state index in [-0.39, 0.29) is 6.04 Å². The molecule has 0 spiro atoms. The van der Waals surface area contributed by atoms with Crippen molar-refractivity contribution >= 4 is 0 Å². The maximum atomic E-state index is 5.86. The Hall–Kier alpha value is -1.26. The van der Waals surface area contributed by atoms with Crippen LogP contribution in [-0.4, -0.2) is 19.8 Å². The fourth-order valence-corrected chi connectivity index (χ4v) is 1.52. The summed E-state index contributed by atoms with van der Waals surface area (Å²) in [6.07, 6.45) is 0. The summed E-state index contributed by atoms with van der Waals surface area (Å²) in [5.74, 6) is 1.51. The van der Waals surface area contributed by atoms with Crippen LogP contribution in [0.4, 0.5) is 0 Å². The predicted molar refractivity (Wildman–Crippen MR) is 53.4 cm³/mol. The average molecular weight is 194 g/mol. The molecule has 0 fully saturated rings. The highest BCUT2D eigenvalue weighted by atomic mass is 16.6. The highest BCUT2D eigenvalue weighted by Gasteiger charge is 2.18. The minimum absolute atomic E-state index is 0.188. The first-order valence-corrected chi connectivity index (χ1v) is 4.67. The van der Waals surface area contributed by atoms with Gasteiger partial charge in [-0.2, -0.15) is 0 Å². The van der Waals surface area contributed by atoms with Gasteiger partial charge in [0, 0.05) is 18.2 Å². The number of ether oxygens (including phenoxy) is 2. The Balaban J connectivity index is 2.39. The SMILES string of the molecule is NC[C@H](N)c1cccc2c1OCCO2. The molecular formula is C10H14N2O2. The lowest BCUT2D eigenvalue weighted by Gasteiger charge is -2.22. The Morgan fingerprint density at radius 2 is 2.07 bits per heavy atom. The molecule has 0 radical (unpaired) electrons. The zero-order valence-corrected chi connectivity index (χ0v) is 7.90. The van der Waals surface area contributed by atoms with Gasteiger partial charge in [-0.05, 0) is 6.07 Å². The minimum Gasteiger partial charge on any atom is -0.486 e. The second kappa shape index (κ2) is 3.86. The van der Waals surface area contributed by atoms with Gasteiger partial charge in [-0.25, -0.2) is 0 Å². The molecule has 0 aliphatic carbocycles. The molecule has 1 aromatic carbocycles. The normalized spacial score (nSPS) is 16.4. The Bertz CT molecular complexity index is 328. The molecule has 0 bridgehead atoms. The van der Waals surface area contributed by atoms with Gasteiger partial charge < -0.3 is 20.9 Å². The fourth-order valence-electron chi connectivity index (χ4n) is 1.52. The van der Waals surface area contributed by atoms with Crippen molar-refractivity contribution in [1.29, 1.82) is 0 Å². The first-order chi connectivity index (χ1) is 6.83. The molecule has 1 atom stereocenters. The van der Waals surface area contributed by atoms with E-state index in [0.29, 0.717) is 19.8 Å². The van der Waals surface area contributed by atoms with Gasteiger partial charge in [-0.15, -0.1) is 0 Å². The summed E-state index contributed by atoms with van der Waals surface area (Å²) in [4.78, 5) is 0. The van der Waals surface area contributed by atoms with Gasteiger partial charge >= 0.3 is 0 Å². The van der Waals surface area contributed by atoms with Crippen molar-refractivity contribution in [3.63, 3.8) is 0 Å². The van der Waals surface area contributed by atoms with E-state index in [1.165, 1.54) is 0 Å². The minimum atomic E-state index is -0.188. The number of rotatable bonds is 2. The molecule has 0 aromatic heterocycles.